The average molecular weight is 1290 g/mol. The highest BCUT2D eigenvalue weighted by molar-refractivity contribution is 5.79. The van der Waals surface area contributed by atoms with E-state index < -0.39 is 35.1 Å². The van der Waals surface area contributed by atoms with Crippen LogP contribution in [0.15, 0.2) is 48.7 Å². The summed E-state index contributed by atoms with van der Waals surface area (Å²) in [5.41, 5.74) is 2.16. The number of aromatic nitrogens is 6. The molecule has 5 fully saturated rings. The predicted octanol–water partition coefficient (Wildman–Crippen LogP) is 8.47. The quantitative estimate of drug-likeness (QED) is 0.0191. The zero-order chi connectivity index (χ0) is 63.8. The Hall–Kier alpha value is -5.58. The molecule has 9 rings (SSSR count). The number of esters is 1. The zero-order valence-corrected chi connectivity index (χ0v) is 52.6. The average Bonchev–Trinajstić information content (AvgIpc) is 1.68. The number of carbonyl (C=O) groups excluding carboxylic acids is 3. The van der Waals surface area contributed by atoms with E-state index in [1.807, 2.05) is 24.4 Å². The van der Waals surface area contributed by atoms with Crippen LogP contribution in [0.2, 0.25) is 0 Å². The lowest BCUT2D eigenvalue weighted by atomic mass is 9.57. The first-order valence-electron chi connectivity index (χ1n) is 32.8. The number of hydrogen-bond acceptors (Lipinski definition) is 17. The zero-order valence-electron chi connectivity index (χ0n) is 52.6. The Morgan fingerprint density at radius 1 is 0.648 bits per heavy atom. The van der Waals surface area contributed by atoms with Crippen molar-refractivity contribution in [2.75, 3.05) is 125 Å². The molecule has 504 valence electrons. The lowest BCUT2D eigenvalue weighted by Crippen LogP contribution is -2.49. The number of fused-ring (bicyclic) bond motifs is 2. The molecule has 2 amide bonds. The molecule has 26 heteroatoms. The first-order chi connectivity index (χ1) is 44.2. The molecule has 1 N–H and O–H groups in total. The Morgan fingerprint density at radius 2 is 1.20 bits per heavy atom. The van der Waals surface area contributed by atoms with Gasteiger partial charge in [0.1, 0.15) is 17.5 Å². The molecule has 4 aromatic rings. The standard InChI is InChI=1S/C65H92F5N9O12/c1-47-72-74-62(79(47)55-42-53-10-11-54(43-55)78(53)20-14-58(48-6-3-2-4-7-48)71-63(82)49-12-16-65(69,70)17-13-49)50-44-64(45-50)18-21-76(22-19-64)59(80)9-5-8-52-46-77(75-73-52)23-25-84-27-29-86-31-33-88-35-37-90-39-38-89-36-34-87-32-30-85-28-26-83-24-15-60(81)91-61-56(67)40-51(66)41-57(61)68/h2-4,6-7,40-41,46,49-50,53-55,58H,5,8-39,42-45H2,1H3,(H,71,82)/t53?,54?,55?,58-/m0/s1. The molecule has 2 aromatic carbocycles. The van der Waals surface area contributed by atoms with Crippen LogP contribution >= 0.6 is 0 Å². The molecule has 3 aliphatic heterocycles. The number of nitrogens with zero attached hydrogens (tertiary/aromatic N) is 8. The highest BCUT2D eigenvalue weighted by atomic mass is 19.3. The lowest BCUT2D eigenvalue weighted by Gasteiger charge is -2.52. The molecule has 2 aromatic heterocycles. The van der Waals surface area contributed by atoms with Gasteiger partial charge in [0.15, 0.2) is 11.6 Å². The van der Waals surface area contributed by atoms with E-state index in [1.165, 1.54) is 0 Å². The molecular formula is C65H92F5N9O12. The van der Waals surface area contributed by atoms with Crippen molar-refractivity contribution < 1.29 is 79.0 Å². The number of alkyl halides is 2. The van der Waals surface area contributed by atoms with Crippen molar-refractivity contribution in [1.82, 2.24) is 44.9 Å². The van der Waals surface area contributed by atoms with Gasteiger partial charge in [-0.1, -0.05) is 35.5 Å². The lowest BCUT2D eigenvalue weighted by molar-refractivity contribution is -0.136. The molecule has 2 aliphatic carbocycles. The van der Waals surface area contributed by atoms with E-state index in [-0.39, 0.29) is 81.1 Å². The Morgan fingerprint density at radius 3 is 1.77 bits per heavy atom. The van der Waals surface area contributed by atoms with Gasteiger partial charge in [0.05, 0.1) is 130 Å². The Labute approximate surface area is 529 Å². The molecule has 21 nitrogen and oxygen atoms in total. The van der Waals surface area contributed by atoms with Crippen LogP contribution in [0, 0.1) is 35.7 Å². The van der Waals surface area contributed by atoms with Crippen LogP contribution in [0.3, 0.4) is 0 Å². The van der Waals surface area contributed by atoms with Crippen molar-refractivity contribution >= 4 is 17.8 Å². The third kappa shape index (κ3) is 21.5. The Balaban J connectivity index is 0.535. The fraction of sp³-hybridized carbons (Fsp3) is 0.708. The third-order valence-electron chi connectivity index (χ3n) is 18.4. The molecule has 0 radical (unpaired) electrons. The Bertz CT molecular complexity index is 2810. The normalized spacial score (nSPS) is 20.3. The molecule has 3 saturated heterocycles. The maximum atomic E-state index is 13.9. The summed E-state index contributed by atoms with van der Waals surface area (Å²) in [6.45, 7) is 10.9. The summed E-state index contributed by atoms with van der Waals surface area (Å²) < 4.78 is 121. The van der Waals surface area contributed by atoms with Crippen molar-refractivity contribution in [3.8, 4) is 5.75 Å². The van der Waals surface area contributed by atoms with E-state index in [4.69, 9.17) is 43.0 Å². The molecule has 2 bridgehead atoms. The SMILES string of the molecule is Cc1nnc(C2CC3(CCN(C(=O)CCCc4cn(CCOCCOCCOCCOCCOCCOCCOCCOCCC(=O)Oc5c(F)cc(F)cc5F)nn4)CC3)C2)n1C1CC2CCC(C1)N2CC[C@H](NC(=O)C1CCC(F)(F)CC1)c1ccccc1. The number of carbonyl (C=O) groups is 3. The van der Waals surface area contributed by atoms with Crippen LogP contribution in [0.1, 0.15) is 144 Å². The van der Waals surface area contributed by atoms with E-state index in [9.17, 15) is 36.3 Å². The minimum atomic E-state index is -2.67. The van der Waals surface area contributed by atoms with Crippen LogP contribution in [0.4, 0.5) is 22.0 Å². The highest BCUT2D eigenvalue weighted by Crippen LogP contribution is 2.57. The van der Waals surface area contributed by atoms with Gasteiger partial charge in [-0.2, -0.15) is 0 Å². The summed E-state index contributed by atoms with van der Waals surface area (Å²) in [6.07, 6.45) is 12.9. The van der Waals surface area contributed by atoms with E-state index >= 15 is 0 Å². The molecular weight excluding hydrogens is 1190 g/mol. The number of hydrogen-bond donors (Lipinski definition) is 1. The minimum absolute atomic E-state index is 0.0470. The molecule has 2 unspecified atom stereocenters. The van der Waals surface area contributed by atoms with E-state index in [0.717, 1.165) is 100 Å². The van der Waals surface area contributed by atoms with Gasteiger partial charge in [-0.3, -0.25) is 19.3 Å². The monoisotopic (exact) mass is 1290 g/mol. The summed E-state index contributed by atoms with van der Waals surface area (Å²) in [4.78, 5) is 43.3. The number of benzene rings is 2. The van der Waals surface area contributed by atoms with Crippen molar-refractivity contribution in [3.05, 3.63) is 89.0 Å². The second kappa shape index (κ2) is 35.6. The number of halogens is 5. The van der Waals surface area contributed by atoms with Crippen LogP contribution < -0.4 is 10.1 Å². The largest absolute Gasteiger partial charge is 0.420 e. The number of amides is 2. The van der Waals surface area contributed by atoms with Gasteiger partial charge in [-0.15, -0.1) is 15.3 Å². The number of nitrogens with one attached hydrogen (secondary N) is 1. The van der Waals surface area contributed by atoms with Crippen molar-refractivity contribution in [1.29, 1.82) is 0 Å². The smallest absolute Gasteiger partial charge is 0.313 e. The fourth-order valence-electron chi connectivity index (χ4n) is 13.5. The molecule has 1 spiro atoms. The topological polar surface area (TPSA) is 214 Å². The van der Waals surface area contributed by atoms with Crippen LogP contribution in [0.25, 0.3) is 0 Å². The number of likely N-dealkylation sites (tertiary alicyclic amines) is 1. The molecule has 5 heterocycles. The van der Waals surface area contributed by atoms with E-state index in [0.29, 0.717) is 148 Å². The summed E-state index contributed by atoms with van der Waals surface area (Å²) in [5.74, 6) is -6.05. The minimum Gasteiger partial charge on any atom is -0.420 e. The third-order valence-corrected chi connectivity index (χ3v) is 18.4. The van der Waals surface area contributed by atoms with Gasteiger partial charge in [0.25, 0.3) is 0 Å². The molecule has 5 aliphatic rings. The van der Waals surface area contributed by atoms with Crippen molar-refractivity contribution in [2.45, 2.75) is 159 Å². The first kappa shape index (κ1) is 69.8. The van der Waals surface area contributed by atoms with Gasteiger partial charge >= 0.3 is 5.97 Å². The maximum Gasteiger partial charge on any atom is 0.313 e. The second-order valence-electron chi connectivity index (χ2n) is 24.7. The van der Waals surface area contributed by atoms with Crippen molar-refractivity contribution in [2.24, 2.45) is 11.3 Å². The maximum absolute atomic E-state index is 13.9. The number of ether oxygens (including phenoxy) is 9. The van der Waals surface area contributed by atoms with Gasteiger partial charge in [0, 0.05) is 87.2 Å². The van der Waals surface area contributed by atoms with Gasteiger partial charge in [-0.05, 0) is 101 Å². The number of aryl methyl sites for hydroxylation is 2. The van der Waals surface area contributed by atoms with Gasteiger partial charge in [0.2, 0.25) is 23.5 Å². The van der Waals surface area contributed by atoms with E-state index in [1.54, 1.807) is 4.68 Å². The van der Waals surface area contributed by atoms with Crippen molar-refractivity contribution in [3.63, 3.8) is 0 Å². The summed E-state index contributed by atoms with van der Waals surface area (Å²) in [5, 5.41) is 21.3. The number of rotatable bonds is 40. The van der Waals surface area contributed by atoms with E-state index in [2.05, 4.69) is 58.9 Å². The van der Waals surface area contributed by atoms with Crippen LogP contribution in [-0.2, 0) is 65.2 Å². The van der Waals surface area contributed by atoms with Crippen LogP contribution in [-0.4, -0.2) is 201 Å². The number of piperidine rings is 2. The summed E-state index contributed by atoms with van der Waals surface area (Å²) >= 11 is 0. The summed E-state index contributed by atoms with van der Waals surface area (Å²) in [6, 6.07) is 12.0. The van der Waals surface area contributed by atoms with Gasteiger partial charge < -0.3 is 57.4 Å². The summed E-state index contributed by atoms with van der Waals surface area (Å²) in [7, 11) is 0. The first-order valence-corrected chi connectivity index (χ1v) is 32.8. The molecule has 2 saturated carbocycles. The Kier molecular flexibility index (Phi) is 27.3. The predicted molar refractivity (Wildman–Crippen MR) is 322 cm³/mol. The second-order valence-corrected chi connectivity index (χ2v) is 24.7. The molecule has 3 atom stereocenters. The van der Waals surface area contributed by atoms with Crippen LogP contribution in [0.5, 0.6) is 5.75 Å². The fourth-order valence-corrected chi connectivity index (χ4v) is 13.5. The molecule has 91 heavy (non-hydrogen) atoms. The van der Waals surface area contributed by atoms with Gasteiger partial charge in [-0.25, -0.2) is 26.6 Å². The highest BCUT2D eigenvalue weighted by Gasteiger charge is 2.50.